The van der Waals surface area contributed by atoms with Crippen molar-refractivity contribution >= 4 is 16.8 Å². The number of rotatable bonds is 3. The van der Waals surface area contributed by atoms with Gasteiger partial charge in [0.25, 0.3) is 5.91 Å². The van der Waals surface area contributed by atoms with Crippen LogP contribution in [-0.2, 0) is 7.05 Å². The topological polar surface area (TPSA) is 64.2 Å². The third-order valence-electron chi connectivity index (χ3n) is 5.20. The van der Waals surface area contributed by atoms with Gasteiger partial charge >= 0.3 is 0 Å². The molecule has 1 aliphatic heterocycles. The van der Waals surface area contributed by atoms with Gasteiger partial charge in [-0.05, 0) is 11.6 Å². The highest BCUT2D eigenvalue weighted by Crippen LogP contribution is 2.29. The van der Waals surface area contributed by atoms with Crippen LogP contribution in [0.3, 0.4) is 0 Å². The van der Waals surface area contributed by atoms with Gasteiger partial charge in [-0.2, -0.15) is 5.10 Å². The lowest BCUT2D eigenvalue weighted by Gasteiger charge is -2.39. The first kappa shape index (κ1) is 15.8. The van der Waals surface area contributed by atoms with Gasteiger partial charge in [-0.1, -0.05) is 47.6 Å². The standard InChI is InChI=1S/C21H18N4O2/c1-24-19-9-15(7-8-16(19)11-22-24)20-10-18(23-27-20)21(26)25-12-17(13-25)14-5-3-2-4-6-14/h2-11,17H,12-13H2,1H3. The van der Waals surface area contributed by atoms with Gasteiger partial charge in [0, 0.05) is 43.1 Å². The van der Waals surface area contributed by atoms with Gasteiger partial charge in [0.05, 0.1) is 11.7 Å². The molecule has 2 aromatic carbocycles. The molecule has 1 saturated heterocycles. The monoisotopic (exact) mass is 358 g/mol. The molecule has 1 amide bonds. The summed E-state index contributed by atoms with van der Waals surface area (Å²) in [7, 11) is 1.90. The molecule has 0 N–H and O–H groups in total. The molecule has 6 nitrogen and oxygen atoms in total. The number of fused-ring (bicyclic) bond motifs is 1. The molecular weight excluding hydrogens is 340 g/mol. The van der Waals surface area contributed by atoms with Crippen LogP contribution in [0.2, 0.25) is 0 Å². The lowest BCUT2D eigenvalue weighted by Crippen LogP contribution is -2.48. The number of carbonyl (C=O) groups excluding carboxylic acids is 1. The predicted molar refractivity (Wildman–Crippen MR) is 101 cm³/mol. The predicted octanol–water partition coefficient (Wildman–Crippen LogP) is 3.47. The van der Waals surface area contributed by atoms with E-state index in [0.29, 0.717) is 30.5 Å². The molecule has 0 saturated carbocycles. The number of hydrogen-bond donors (Lipinski definition) is 0. The summed E-state index contributed by atoms with van der Waals surface area (Å²) in [6.45, 7) is 1.43. The first-order valence-electron chi connectivity index (χ1n) is 8.92. The van der Waals surface area contributed by atoms with Crippen molar-refractivity contribution in [2.24, 2.45) is 7.05 Å². The average Bonchev–Trinajstić information content (AvgIpc) is 3.29. The van der Waals surface area contributed by atoms with Crippen LogP contribution in [-0.4, -0.2) is 38.8 Å². The minimum atomic E-state index is -0.0845. The van der Waals surface area contributed by atoms with E-state index in [4.69, 9.17) is 4.52 Å². The minimum absolute atomic E-state index is 0.0845. The Morgan fingerprint density at radius 3 is 2.74 bits per heavy atom. The fourth-order valence-corrected chi connectivity index (χ4v) is 3.55. The van der Waals surface area contributed by atoms with Gasteiger partial charge in [-0.15, -0.1) is 0 Å². The number of carbonyl (C=O) groups is 1. The third kappa shape index (κ3) is 2.70. The molecule has 0 atom stereocenters. The maximum atomic E-state index is 12.7. The van der Waals surface area contributed by atoms with Crippen LogP contribution in [0.4, 0.5) is 0 Å². The van der Waals surface area contributed by atoms with Crippen LogP contribution in [0.5, 0.6) is 0 Å². The molecule has 0 unspecified atom stereocenters. The fourth-order valence-electron chi connectivity index (χ4n) is 3.55. The van der Waals surface area contributed by atoms with Gasteiger partial charge in [-0.25, -0.2) is 0 Å². The Kier molecular flexibility index (Phi) is 3.57. The Balaban J connectivity index is 1.33. The molecule has 6 heteroatoms. The van der Waals surface area contributed by atoms with Gasteiger partial charge in [0.15, 0.2) is 11.5 Å². The molecular formula is C21H18N4O2. The molecule has 1 fully saturated rings. The number of aryl methyl sites for hydroxylation is 1. The largest absolute Gasteiger partial charge is 0.355 e. The molecule has 1 aliphatic rings. The average molecular weight is 358 g/mol. The van der Waals surface area contributed by atoms with Crippen LogP contribution in [0.1, 0.15) is 22.0 Å². The van der Waals surface area contributed by atoms with Gasteiger partial charge < -0.3 is 9.42 Å². The van der Waals surface area contributed by atoms with E-state index in [0.717, 1.165) is 16.5 Å². The van der Waals surface area contributed by atoms with Gasteiger partial charge in [0.1, 0.15) is 0 Å². The number of aromatic nitrogens is 3. The zero-order valence-corrected chi connectivity index (χ0v) is 14.9. The van der Waals surface area contributed by atoms with E-state index in [-0.39, 0.29) is 5.91 Å². The maximum Gasteiger partial charge on any atom is 0.276 e. The van der Waals surface area contributed by atoms with Crippen LogP contribution in [0.25, 0.3) is 22.2 Å². The summed E-state index contributed by atoms with van der Waals surface area (Å²) in [5.41, 5.74) is 3.50. The van der Waals surface area contributed by atoms with Crippen molar-refractivity contribution in [1.82, 2.24) is 19.8 Å². The second kappa shape index (κ2) is 6.09. The van der Waals surface area contributed by atoms with Gasteiger partial charge in [0.2, 0.25) is 0 Å². The van der Waals surface area contributed by atoms with E-state index in [2.05, 4.69) is 22.4 Å². The third-order valence-corrected chi connectivity index (χ3v) is 5.20. The number of amides is 1. The summed E-state index contributed by atoms with van der Waals surface area (Å²) in [5, 5.41) is 9.30. The van der Waals surface area contributed by atoms with Crippen molar-refractivity contribution in [3.05, 3.63) is 72.1 Å². The minimum Gasteiger partial charge on any atom is -0.355 e. The first-order chi connectivity index (χ1) is 13.2. The summed E-state index contributed by atoms with van der Waals surface area (Å²) in [6.07, 6.45) is 1.82. The van der Waals surface area contributed by atoms with Crippen molar-refractivity contribution in [3.63, 3.8) is 0 Å². The number of hydrogen-bond acceptors (Lipinski definition) is 4. The van der Waals surface area contributed by atoms with E-state index in [1.807, 2.05) is 59.2 Å². The molecule has 3 heterocycles. The second-order valence-corrected chi connectivity index (χ2v) is 6.94. The van der Waals surface area contributed by atoms with Crippen LogP contribution in [0, 0.1) is 0 Å². The van der Waals surface area contributed by atoms with Crippen LogP contribution in [0.15, 0.2) is 65.3 Å². The van der Waals surface area contributed by atoms with Gasteiger partial charge in [-0.3, -0.25) is 9.48 Å². The van der Waals surface area contributed by atoms with Crippen LogP contribution >= 0.6 is 0 Å². The Morgan fingerprint density at radius 1 is 1.11 bits per heavy atom. The smallest absolute Gasteiger partial charge is 0.276 e. The molecule has 0 aliphatic carbocycles. The van der Waals surface area contributed by atoms with Crippen molar-refractivity contribution in [1.29, 1.82) is 0 Å². The summed E-state index contributed by atoms with van der Waals surface area (Å²) >= 11 is 0. The molecule has 2 aromatic heterocycles. The van der Waals surface area contributed by atoms with Crippen molar-refractivity contribution in [2.45, 2.75) is 5.92 Å². The van der Waals surface area contributed by atoms with Crippen molar-refractivity contribution < 1.29 is 9.32 Å². The van der Waals surface area contributed by atoms with E-state index >= 15 is 0 Å². The second-order valence-electron chi connectivity index (χ2n) is 6.94. The fraction of sp³-hybridized carbons (Fsp3) is 0.190. The molecule has 0 bridgehead atoms. The highest BCUT2D eigenvalue weighted by molar-refractivity contribution is 5.94. The molecule has 4 aromatic rings. The Labute approximate surface area is 156 Å². The zero-order chi connectivity index (χ0) is 18.4. The summed E-state index contributed by atoms with van der Waals surface area (Å²) in [6, 6.07) is 17.9. The first-order valence-corrected chi connectivity index (χ1v) is 8.92. The van der Waals surface area contributed by atoms with E-state index in [1.165, 1.54) is 5.56 Å². The maximum absolute atomic E-state index is 12.7. The normalized spacial score (nSPS) is 14.5. The quantitative estimate of drug-likeness (QED) is 0.562. The molecule has 134 valence electrons. The Bertz CT molecular complexity index is 1120. The van der Waals surface area contributed by atoms with E-state index in [9.17, 15) is 4.79 Å². The summed E-state index contributed by atoms with van der Waals surface area (Å²) in [4.78, 5) is 14.5. The summed E-state index contributed by atoms with van der Waals surface area (Å²) in [5.74, 6) is 0.897. The lowest BCUT2D eigenvalue weighted by atomic mass is 9.91. The lowest BCUT2D eigenvalue weighted by molar-refractivity contribution is 0.0591. The molecule has 0 spiro atoms. The SMILES string of the molecule is Cn1ncc2ccc(-c3cc(C(=O)N4CC(c5ccccc5)C4)no3)cc21. The number of nitrogens with zero attached hydrogens (tertiary/aromatic N) is 4. The number of likely N-dealkylation sites (tertiary alicyclic amines) is 1. The summed E-state index contributed by atoms with van der Waals surface area (Å²) < 4.78 is 7.25. The molecule has 27 heavy (non-hydrogen) atoms. The number of benzene rings is 2. The van der Waals surface area contributed by atoms with E-state index < -0.39 is 0 Å². The Hall–Kier alpha value is -3.41. The van der Waals surface area contributed by atoms with Crippen molar-refractivity contribution in [3.8, 4) is 11.3 Å². The van der Waals surface area contributed by atoms with Crippen LogP contribution < -0.4 is 0 Å². The van der Waals surface area contributed by atoms with Crippen molar-refractivity contribution in [2.75, 3.05) is 13.1 Å². The zero-order valence-electron chi connectivity index (χ0n) is 14.9. The molecule has 0 radical (unpaired) electrons. The highest BCUT2D eigenvalue weighted by atomic mass is 16.5. The highest BCUT2D eigenvalue weighted by Gasteiger charge is 2.33. The van der Waals surface area contributed by atoms with E-state index in [1.54, 1.807) is 6.07 Å². The Morgan fingerprint density at radius 2 is 1.93 bits per heavy atom. The molecule has 5 rings (SSSR count).